The highest BCUT2D eigenvalue weighted by Crippen LogP contribution is 2.57. The van der Waals surface area contributed by atoms with Crippen molar-refractivity contribution in [1.82, 2.24) is 9.80 Å². The number of likely N-dealkylation sites (tertiary alicyclic amines) is 1. The van der Waals surface area contributed by atoms with Crippen LogP contribution >= 0.6 is 0 Å². The maximum Gasteiger partial charge on any atom is 0.0636 e. The van der Waals surface area contributed by atoms with Crippen molar-refractivity contribution in [2.45, 2.75) is 84.2 Å². The van der Waals surface area contributed by atoms with E-state index in [1.165, 1.54) is 28.4 Å². The Morgan fingerprint density at radius 2 is 1.79 bits per heavy atom. The Morgan fingerprint density at radius 1 is 0.896 bits per heavy atom. The fourth-order valence-corrected chi connectivity index (χ4v) is 9.34. The molecule has 2 nitrogen and oxygen atoms in total. The molecule has 8 rings (SSSR count). The molecular weight excluding hydrogens is 581 g/mol. The number of hydrogen-bond donors (Lipinski definition) is 0. The summed E-state index contributed by atoms with van der Waals surface area (Å²) in [5.41, 5.74) is 11.7. The van der Waals surface area contributed by atoms with Gasteiger partial charge in [-0.25, -0.2) is 0 Å². The highest BCUT2D eigenvalue weighted by atomic mass is 15.2. The molecule has 0 amide bonds. The molecule has 0 aromatic carbocycles. The first kappa shape index (κ1) is 31.1. The number of allylic oxidation sites excluding steroid dienone is 18. The first-order valence-corrected chi connectivity index (χ1v) is 18.7. The van der Waals surface area contributed by atoms with Crippen LogP contribution in [-0.4, -0.2) is 21.9 Å². The molecule has 244 valence electrons. The Bertz CT molecular complexity index is 1790. The lowest BCUT2D eigenvalue weighted by atomic mass is 9.72. The van der Waals surface area contributed by atoms with E-state index >= 15 is 0 Å². The second-order valence-electron chi connectivity index (χ2n) is 14.7. The molecule has 2 heterocycles. The van der Waals surface area contributed by atoms with Gasteiger partial charge < -0.3 is 9.80 Å². The van der Waals surface area contributed by atoms with E-state index in [1.54, 1.807) is 16.7 Å². The van der Waals surface area contributed by atoms with Gasteiger partial charge >= 0.3 is 0 Å². The predicted molar refractivity (Wildman–Crippen MR) is 201 cm³/mol. The van der Waals surface area contributed by atoms with Crippen LogP contribution in [0.4, 0.5) is 0 Å². The Labute approximate surface area is 289 Å². The largest absolute Gasteiger partial charge is 0.334 e. The first-order valence-electron chi connectivity index (χ1n) is 18.7. The van der Waals surface area contributed by atoms with Crippen molar-refractivity contribution in [3.63, 3.8) is 0 Å². The van der Waals surface area contributed by atoms with Gasteiger partial charge in [-0.3, -0.25) is 0 Å². The van der Waals surface area contributed by atoms with E-state index in [0.29, 0.717) is 35.8 Å². The first-order chi connectivity index (χ1) is 23.6. The van der Waals surface area contributed by atoms with Gasteiger partial charge in [0.05, 0.1) is 18.0 Å². The van der Waals surface area contributed by atoms with E-state index < -0.39 is 0 Å². The minimum atomic E-state index is 0.156. The molecule has 0 bridgehead atoms. The lowest BCUT2D eigenvalue weighted by molar-refractivity contribution is 0.292. The summed E-state index contributed by atoms with van der Waals surface area (Å²) in [6, 6.07) is 0.661. The van der Waals surface area contributed by atoms with Crippen LogP contribution in [0.3, 0.4) is 0 Å². The van der Waals surface area contributed by atoms with Crippen molar-refractivity contribution in [1.29, 1.82) is 0 Å². The third-order valence-corrected chi connectivity index (χ3v) is 11.6. The van der Waals surface area contributed by atoms with Crippen molar-refractivity contribution in [2.24, 2.45) is 29.6 Å². The minimum Gasteiger partial charge on any atom is -0.334 e. The van der Waals surface area contributed by atoms with Crippen LogP contribution in [0.5, 0.6) is 0 Å². The van der Waals surface area contributed by atoms with Crippen molar-refractivity contribution in [3.8, 4) is 11.8 Å². The molecule has 0 saturated carbocycles. The molecule has 0 spiro atoms. The third kappa shape index (κ3) is 5.46. The van der Waals surface area contributed by atoms with Gasteiger partial charge in [0.2, 0.25) is 0 Å². The molecule has 1 saturated heterocycles. The van der Waals surface area contributed by atoms with Crippen molar-refractivity contribution in [3.05, 3.63) is 154 Å². The second kappa shape index (κ2) is 13.4. The summed E-state index contributed by atoms with van der Waals surface area (Å²) in [6.45, 7) is 7.20. The number of nitrogens with zero attached hydrogens (tertiary/aromatic N) is 2. The molecule has 0 N–H and O–H groups in total. The van der Waals surface area contributed by atoms with Crippen LogP contribution in [0.2, 0.25) is 0 Å². The molecule has 0 aromatic rings. The average Bonchev–Trinajstić information content (AvgIpc) is 3.78. The van der Waals surface area contributed by atoms with Gasteiger partial charge in [-0.1, -0.05) is 118 Å². The minimum absolute atomic E-state index is 0.156. The standard InChI is InChI=1S/C46H50N2/c1-4-5-23-37(24-13-19-34-17-9-10-18-34)47-39-26-11-15-32(2)43(39)45-41(47)30-31-42-46(45)44-33(3)16-12-27-40(44)48(42)38-25-14-22-36(28-29-38)35-20-7-6-8-21-35/h5,7,9-12,17-18,20-21,23-30,32-34,36,39,42-43H,4,6,8,13,15-16,19,31H2,1-3H3/b23-5-,37-24+. The molecule has 2 aliphatic heterocycles. The fraction of sp³-hybridized carbons (Fsp3) is 0.391. The van der Waals surface area contributed by atoms with Crippen molar-refractivity contribution < 1.29 is 0 Å². The summed E-state index contributed by atoms with van der Waals surface area (Å²) in [5, 5.41) is 0. The normalized spacial score (nSPS) is 31.9. The number of fused-ring (bicyclic) bond motifs is 5. The van der Waals surface area contributed by atoms with Gasteiger partial charge in [-0.2, -0.15) is 0 Å². The number of hydrogen-bond acceptors (Lipinski definition) is 2. The molecular formula is C46H50N2. The summed E-state index contributed by atoms with van der Waals surface area (Å²) in [4.78, 5) is 5.40. The van der Waals surface area contributed by atoms with Crippen LogP contribution in [0, 0.1) is 41.4 Å². The molecule has 0 radical (unpaired) electrons. The highest BCUT2D eigenvalue weighted by molar-refractivity contribution is 5.65. The maximum atomic E-state index is 3.56. The van der Waals surface area contributed by atoms with Crippen LogP contribution in [0.25, 0.3) is 0 Å². The molecule has 1 fully saturated rings. The van der Waals surface area contributed by atoms with Crippen LogP contribution < -0.4 is 0 Å². The van der Waals surface area contributed by atoms with Gasteiger partial charge in [0.25, 0.3) is 0 Å². The third-order valence-electron chi connectivity index (χ3n) is 11.6. The SMILES string of the molecule is CC/C=C\C(=C/CCC1C=CC=C1)N1C2=CCC3C(=C2C2C(C)CC=CC21)C1=C(C=CCC1C)N3C1=CC#CC(C2=CCCC=C2)C=C1. The molecule has 6 atom stereocenters. The Morgan fingerprint density at radius 3 is 2.62 bits per heavy atom. The molecule has 0 aromatic heterocycles. The summed E-state index contributed by atoms with van der Waals surface area (Å²) < 4.78 is 0. The lowest BCUT2D eigenvalue weighted by Gasteiger charge is -2.34. The van der Waals surface area contributed by atoms with Crippen LogP contribution in [-0.2, 0) is 0 Å². The van der Waals surface area contributed by atoms with Gasteiger partial charge in [0, 0.05) is 34.8 Å². The molecule has 8 aliphatic rings. The van der Waals surface area contributed by atoms with E-state index in [1.807, 2.05) is 0 Å². The Kier molecular flexibility index (Phi) is 8.64. The summed E-state index contributed by atoms with van der Waals surface area (Å²) >= 11 is 0. The van der Waals surface area contributed by atoms with Crippen LogP contribution in [0.1, 0.15) is 72.1 Å². The molecule has 6 aliphatic carbocycles. The van der Waals surface area contributed by atoms with E-state index in [0.717, 1.165) is 51.4 Å². The van der Waals surface area contributed by atoms with E-state index in [2.05, 4.69) is 152 Å². The van der Waals surface area contributed by atoms with Crippen LogP contribution in [0.15, 0.2) is 154 Å². The van der Waals surface area contributed by atoms with Gasteiger partial charge in [-0.05, 0) is 110 Å². The monoisotopic (exact) mass is 630 g/mol. The summed E-state index contributed by atoms with van der Waals surface area (Å²) in [5.74, 6) is 9.34. The molecule has 6 unspecified atom stereocenters. The van der Waals surface area contributed by atoms with Gasteiger partial charge in [0.15, 0.2) is 0 Å². The summed E-state index contributed by atoms with van der Waals surface area (Å²) in [6.07, 6.45) is 51.4. The average molecular weight is 631 g/mol. The van der Waals surface area contributed by atoms with Crippen molar-refractivity contribution >= 4 is 0 Å². The fourth-order valence-electron chi connectivity index (χ4n) is 9.34. The maximum absolute atomic E-state index is 3.56. The van der Waals surface area contributed by atoms with E-state index in [-0.39, 0.29) is 5.92 Å². The van der Waals surface area contributed by atoms with Gasteiger partial charge in [-0.15, -0.1) is 0 Å². The Balaban J connectivity index is 1.21. The zero-order valence-electron chi connectivity index (χ0n) is 29.0. The zero-order valence-corrected chi connectivity index (χ0v) is 29.0. The molecule has 2 heteroatoms. The second-order valence-corrected chi connectivity index (χ2v) is 14.7. The van der Waals surface area contributed by atoms with Crippen molar-refractivity contribution in [2.75, 3.05) is 0 Å². The van der Waals surface area contributed by atoms with E-state index in [9.17, 15) is 0 Å². The smallest absolute Gasteiger partial charge is 0.0636 e. The van der Waals surface area contributed by atoms with Gasteiger partial charge in [0.1, 0.15) is 0 Å². The predicted octanol–water partition coefficient (Wildman–Crippen LogP) is 10.7. The number of rotatable bonds is 8. The topological polar surface area (TPSA) is 6.48 Å². The van der Waals surface area contributed by atoms with E-state index in [4.69, 9.17) is 0 Å². The zero-order chi connectivity index (χ0) is 32.6. The lowest BCUT2D eigenvalue weighted by Crippen LogP contribution is -2.34. The Hall–Kier alpha value is -4.22. The highest BCUT2D eigenvalue weighted by Gasteiger charge is 2.52. The summed E-state index contributed by atoms with van der Waals surface area (Å²) in [7, 11) is 0. The quantitative estimate of drug-likeness (QED) is 0.150. The molecule has 48 heavy (non-hydrogen) atoms.